The van der Waals surface area contributed by atoms with Crippen molar-refractivity contribution in [1.82, 2.24) is 4.90 Å². The summed E-state index contributed by atoms with van der Waals surface area (Å²) in [5.41, 5.74) is 2.59. The molecule has 1 aliphatic rings. The van der Waals surface area contributed by atoms with Gasteiger partial charge in [0.15, 0.2) is 0 Å². The molecule has 0 bridgehead atoms. The maximum Gasteiger partial charge on any atom is 0.410 e. The number of hydrogen-bond acceptors (Lipinski definition) is 4. The van der Waals surface area contributed by atoms with Gasteiger partial charge in [-0.2, -0.15) is 5.26 Å². The monoisotopic (exact) mass is 322 g/mol. The van der Waals surface area contributed by atoms with Gasteiger partial charge in [-0.1, -0.05) is 24.3 Å². The highest BCUT2D eigenvalue weighted by atomic mass is 16.6. The Balaban J connectivity index is 1.65. The summed E-state index contributed by atoms with van der Waals surface area (Å²) in [4.78, 5) is 13.2. The highest BCUT2D eigenvalue weighted by Gasteiger charge is 2.33. The third kappa shape index (κ3) is 3.49. The molecular weight excluding hydrogens is 304 g/mol. The fraction of sp³-hybridized carbons (Fsp3) is 0.263. The summed E-state index contributed by atoms with van der Waals surface area (Å²) < 4.78 is 10.9. The highest BCUT2D eigenvalue weighted by Crippen LogP contribution is 2.26. The first-order chi connectivity index (χ1) is 11.7. The van der Waals surface area contributed by atoms with Crippen LogP contribution in [0.5, 0.6) is 5.75 Å². The molecule has 1 heterocycles. The van der Waals surface area contributed by atoms with Crippen LogP contribution in [0.4, 0.5) is 4.79 Å². The molecule has 0 N–H and O–H groups in total. The lowest BCUT2D eigenvalue weighted by Crippen LogP contribution is -2.56. The number of carbonyl (C=O) groups is 1. The first-order valence-electron chi connectivity index (χ1n) is 7.88. The van der Waals surface area contributed by atoms with E-state index in [0.717, 1.165) is 16.9 Å². The topological polar surface area (TPSA) is 62.6 Å². The molecule has 24 heavy (non-hydrogen) atoms. The van der Waals surface area contributed by atoms with E-state index in [4.69, 9.17) is 14.7 Å². The maximum absolute atomic E-state index is 11.5. The van der Waals surface area contributed by atoms with E-state index in [-0.39, 0.29) is 12.2 Å². The van der Waals surface area contributed by atoms with Crippen molar-refractivity contribution < 1.29 is 14.3 Å². The van der Waals surface area contributed by atoms with Crippen molar-refractivity contribution in [3.63, 3.8) is 0 Å². The average molecular weight is 322 g/mol. The second-order valence-corrected chi connectivity index (χ2v) is 5.56. The van der Waals surface area contributed by atoms with Crippen LogP contribution in [-0.2, 0) is 4.74 Å². The van der Waals surface area contributed by atoms with Crippen molar-refractivity contribution >= 4 is 6.09 Å². The summed E-state index contributed by atoms with van der Waals surface area (Å²) in [5.74, 6) is 0.753. The van der Waals surface area contributed by atoms with E-state index in [1.165, 1.54) is 0 Å². The third-order valence-electron chi connectivity index (χ3n) is 3.84. The van der Waals surface area contributed by atoms with Crippen molar-refractivity contribution in [3.8, 4) is 22.9 Å². The Morgan fingerprint density at radius 1 is 1.21 bits per heavy atom. The minimum Gasteiger partial charge on any atom is -0.487 e. The van der Waals surface area contributed by atoms with Crippen molar-refractivity contribution in [1.29, 1.82) is 5.26 Å². The number of likely N-dealkylation sites (tertiary alicyclic amines) is 1. The smallest absolute Gasteiger partial charge is 0.410 e. The number of amides is 1. The first kappa shape index (κ1) is 15.9. The zero-order chi connectivity index (χ0) is 16.9. The van der Waals surface area contributed by atoms with E-state index < -0.39 is 0 Å². The lowest BCUT2D eigenvalue weighted by Gasteiger charge is -2.37. The number of benzene rings is 2. The van der Waals surface area contributed by atoms with Crippen molar-refractivity contribution in [2.45, 2.75) is 13.0 Å². The minimum atomic E-state index is -0.292. The van der Waals surface area contributed by atoms with Gasteiger partial charge < -0.3 is 14.4 Å². The van der Waals surface area contributed by atoms with Crippen molar-refractivity contribution in [2.75, 3.05) is 19.7 Å². The Kier molecular flexibility index (Phi) is 4.66. The molecular formula is C19H18N2O3. The lowest BCUT2D eigenvalue weighted by atomic mass is 10.0. The van der Waals surface area contributed by atoms with Gasteiger partial charge in [0.1, 0.15) is 11.9 Å². The fourth-order valence-corrected chi connectivity index (χ4v) is 2.59. The number of carbonyl (C=O) groups excluding carboxylic acids is 1. The molecule has 0 saturated carbocycles. The van der Waals surface area contributed by atoms with E-state index in [0.29, 0.717) is 25.3 Å². The molecule has 3 rings (SSSR count). The Morgan fingerprint density at radius 3 is 2.62 bits per heavy atom. The molecule has 0 aliphatic carbocycles. The quantitative estimate of drug-likeness (QED) is 0.865. The molecule has 0 aromatic heterocycles. The van der Waals surface area contributed by atoms with E-state index in [9.17, 15) is 4.79 Å². The first-order valence-corrected chi connectivity index (χ1v) is 7.88. The second kappa shape index (κ2) is 7.05. The second-order valence-electron chi connectivity index (χ2n) is 5.56. The van der Waals surface area contributed by atoms with Crippen molar-refractivity contribution in [3.05, 3.63) is 54.1 Å². The van der Waals surface area contributed by atoms with Crippen LogP contribution >= 0.6 is 0 Å². The molecule has 1 saturated heterocycles. The van der Waals surface area contributed by atoms with E-state index in [1.54, 1.807) is 17.9 Å². The van der Waals surface area contributed by atoms with Gasteiger partial charge in [-0.15, -0.1) is 0 Å². The standard InChI is InChI=1S/C19H18N2O3/c1-2-23-19(22)21-12-18(13-21)24-17-8-4-7-16(10-17)15-6-3-5-14(9-15)11-20/h3-10,18H,2,12-13H2,1H3. The normalized spacial score (nSPS) is 13.8. The zero-order valence-corrected chi connectivity index (χ0v) is 13.4. The van der Waals surface area contributed by atoms with E-state index in [2.05, 4.69) is 6.07 Å². The van der Waals surface area contributed by atoms with Crippen LogP contribution in [0.1, 0.15) is 12.5 Å². The average Bonchev–Trinajstić information content (AvgIpc) is 2.58. The lowest BCUT2D eigenvalue weighted by molar-refractivity contribution is 0.0128. The number of ether oxygens (including phenoxy) is 2. The summed E-state index contributed by atoms with van der Waals surface area (Å²) in [6.45, 7) is 3.24. The molecule has 0 spiro atoms. The maximum atomic E-state index is 11.5. The molecule has 0 atom stereocenters. The summed E-state index contributed by atoms with van der Waals surface area (Å²) in [6.07, 6.45) is -0.311. The number of hydrogen-bond donors (Lipinski definition) is 0. The van der Waals surface area contributed by atoms with Gasteiger partial charge in [-0.3, -0.25) is 0 Å². The molecule has 0 unspecified atom stereocenters. The van der Waals surface area contributed by atoms with Crippen LogP contribution in [0, 0.1) is 11.3 Å². The number of nitrogens with zero attached hydrogens (tertiary/aromatic N) is 2. The Bertz CT molecular complexity index is 776. The van der Waals surface area contributed by atoms with Crippen LogP contribution in [0.3, 0.4) is 0 Å². The van der Waals surface area contributed by atoms with Crippen LogP contribution in [0.2, 0.25) is 0 Å². The molecule has 2 aromatic rings. The van der Waals surface area contributed by atoms with Gasteiger partial charge >= 0.3 is 6.09 Å². The molecule has 1 fully saturated rings. The van der Waals surface area contributed by atoms with Crippen LogP contribution in [-0.4, -0.2) is 36.8 Å². The molecule has 1 aliphatic heterocycles. The van der Waals surface area contributed by atoms with Gasteiger partial charge in [0.05, 0.1) is 31.3 Å². The fourth-order valence-electron chi connectivity index (χ4n) is 2.59. The van der Waals surface area contributed by atoms with Gasteiger partial charge in [0.2, 0.25) is 0 Å². The minimum absolute atomic E-state index is 0.0184. The summed E-state index contributed by atoms with van der Waals surface area (Å²) in [5, 5.41) is 9.01. The SMILES string of the molecule is CCOC(=O)N1CC(Oc2cccc(-c3cccc(C#N)c3)c2)C1. The van der Waals surface area contributed by atoms with Gasteiger partial charge in [-0.05, 0) is 42.3 Å². The highest BCUT2D eigenvalue weighted by molar-refractivity contribution is 5.69. The van der Waals surface area contributed by atoms with Crippen molar-refractivity contribution in [2.24, 2.45) is 0 Å². The molecule has 5 heteroatoms. The zero-order valence-electron chi connectivity index (χ0n) is 13.4. The third-order valence-corrected chi connectivity index (χ3v) is 3.84. The van der Waals surface area contributed by atoms with E-state index >= 15 is 0 Å². The predicted molar refractivity (Wildman–Crippen MR) is 89.6 cm³/mol. The van der Waals surface area contributed by atoms with Gasteiger partial charge in [0.25, 0.3) is 0 Å². The number of nitriles is 1. The molecule has 122 valence electrons. The van der Waals surface area contributed by atoms with E-state index in [1.807, 2.05) is 42.5 Å². The Labute approximate surface area is 141 Å². The number of rotatable bonds is 4. The summed E-state index contributed by atoms with van der Waals surface area (Å²) >= 11 is 0. The Morgan fingerprint density at radius 2 is 1.92 bits per heavy atom. The summed E-state index contributed by atoms with van der Waals surface area (Å²) in [6, 6.07) is 17.4. The summed E-state index contributed by atoms with van der Waals surface area (Å²) in [7, 11) is 0. The molecule has 5 nitrogen and oxygen atoms in total. The van der Waals surface area contributed by atoms with Gasteiger partial charge in [0, 0.05) is 0 Å². The largest absolute Gasteiger partial charge is 0.487 e. The molecule has 0 radical (unpaired) electrons. The predicted octanol–water partition coefficient (Wildman–Crippen LogP) is 3.44. The molecule has 2 aromatic carbocycles. The van der Waals surface area contributed by atoms with Gasteiger partial charge in [-0.25, -0.2) is 4.79 Å². The Hall–Kier alpha value is -3.00. The van der Waals surface area contributed by atoms with Crippen LogP contribution < -0.4 is 4.74 Å². The molecule has 1 amide bonds. The van der Waals surface area contributed by atoms with Crippen LogP contribution in [0.15, 0.2) is 48.5 Å². The van der Waals surface area contributed by atoms with Crippen LogP contribution in [0.25, 0.3) is 11.1 Å².